The molecule has 0 amide bonds. The third-order valence-corrected chi connectivity index (χ3v) is 5.82. The van der Waals surface area contributed by atoms with E-state index in [4.69, 9.17) is 14.2 Å². The lowest BCUT2D eigenvalue weighted by atomic mass is 9.69. The fourth-order valence-corrected chi connectivity index (χ4v) is 4.28. The van der Waals surface area contributed by atoms with Crippen molar-refractivity contribution in [2.75, 3.05) is 20.3 Å². The third kappa shape index (κ3) is 5.85. The van der Waals surface area contributed by atoms with Crippen LogP contribution in [0.25, 0.3) is 0 Å². The van der Waals surface area contributed by atoms with Gasteiger partial charge in [0.2, 0.25) is 0 Å². The van der Waals surface area contributed by atoms with Gasteiger partial charge in [0, 0.05) is 6.08 Å². The van der Waals surface area contributed by atoms with E-state index in [1.54, 1.807) is 0 Å². The Morgan fingerprint density at radius 2 is 1.27 bits per heavy atom. The van der Waals surface area contributed by atoms with Crippen molar-refractivity contribution in [2.45, 2.75) is 51.4 Å². The van der Waals surface area contributed by atoms with Gasteiger partial charge in [0.15, 0.2) is 0 Å². The van der Waals surface area contributed by atoms with Crippen LogP contribution in [-0.2, 0) is 28.6 Å². The van der Waals surface area contributed by atoms with Gasteiger partial charge in [-0.15, -0.1) is 0 Å². The van der Waals surface area contributed by atoms with Gasteiger partial charge >= 0.3 is 17.9 Å². The van der Waals surface area contributed by atoms with E-state index in [1.165, 1.54) is 7.11 Å². The van der Waals surface area contributed by atoms with E-state index < -0.39 is 5.97 Å². The maximum atomic E-state index is 12.1. The Morgan fingerprint density at radius 3 is 1.73 bits per heavy atom. The van der Waals surface area contributed by atoms with Crippen molar-refractivity contribution in [3.05, 3.63) is 12.7 Å². The highest BCUT2D eigenvalue weighted by Gasteiger charge is 2.35. The predicted octanol–water partition coefficient (Wildman–Crippen LogP) is 3.04. The standard InChI is InChI=1S/C20H30O6/c1-3-18(21)25-12-13-26-20(23)17-10-6-15(7-11-17)14-4-8-16(9-5-14)19(22)24-2/h3,14-17H,1,4-13H2,2H3. The van der Waals surface area contributed by atoms with Crippen LogP contribution in [0.4, 0.5) is 0 Å². The first kappa shape index (κ1) is 20.5. The molecule has 0 aliphatic heterocycles. The Bertz CT molecular complexity index is 498. The summed E-state index contributed by atoms with van der Waals surface area (Å²) in [6.45, 7) is 3.46. The highest BCUT2D eigenvalue weighted by molar-refractivity contribution is 5.81. The topological polar surface area (TPSA) is 78.9 Å². The van der Waals surface area contributed by atoms with Crippen LogP contribution in [0.15, 0.2) is 12.7 Å². The predicted molar refractivity (Wildman–Crippen MR) is 95.0 cm³/mol. The summed E-state index contributed by atoms with van der Waals surface area (Å²) in [5.74, 6) is 0.549. The molecule has 2 aliphatic carbocycles. The average Bonchev–Trinajstić information content (AvgIpc) is 2.70. The van der Waals surface area contributed by atoms with Gasteiger partial charge in [0.25, 0.3) is 0 Å². The van der Waals surface area contributed by atoms with E-state index in [2.05, 4.69) is 6.58 Å². The second kappa shape index (κ2) is 10.3. The van der Waals surface area contributed by atoms with Crippen molar-refractivity contribution >= 4 is 17.9 Å². The van der Waals surface area contributed by atoms with Crippen LogP contribution in [0, 0.1) is 23.7 Å². The quantitative estimate of drug-likeness (QED) is 0.298. The highest BCUT2D eigenvalue weighted by atomic mass is 16.6. The van der Waals surface area contributed by atoms with Crippen LogP contribution in [0.3, 0.4) is 0 Å². The molecule has 0 aromatic rings. The molecule has 26 heavy (non-hydrogen) atoms. The Balaban J connectivity index is 1.64. The monoisotopic (exact) mass is 366 g/mol. The van der Waals surface area contributed by atoms with E-state index in [0.29, 0.717) is 11.8 Å². The van der Waals surface area contributed by atoms with Crippen molar-refractivity contribution in [3.63, 3.8) is 0 Å². The lowest BCUT2D eigenvalue weighted by molar-refractivity contribution is -0.154. The zero-order valence-electron chi connectivity index (χ0n) is 15.6. The smallest absolute Gasteiger partial charge is 0.330 e. The highest BCUT2D eigenvalue weighted by Crippen LogP contribution is 2.41. The summed E-state index contributed by atoms with van der Waals surface area (Å²) >= 11 is 0. The van der Waals surface area contributed by atoms with Crippen LogP contribution in [0.5, 0.6) is 0 Å². The number of methoxy groups -OCH3 is 1. The van der Waals surface area contributed by atoms with Crippen LogP contribution in [0.2, 0.25) is 0 Å². The van der Waals surface area contributed by atoms with Crippen LogP contribution < -0.4 is 0 Å². The Hall–Kier alpha value is -1.85. The molecule has 0 aromatic carbocycles. The molecule has 6 nitrogen and oxygen atoms in total. The molecule has 0 radical (unpaired) electrons. The summed E-state index contributed by atoms with van der Waals surface area (Å²) in [4.78, 5) is 34.6. The summed E-state index contributed by atoms with van der Waals surface area (Å²) in [5.41, 5.74) is 0. The number of esters is 3. The zero-order chi connectivity index (χ0) is 18.9. The number of carbonyl (C=O) groups excluding carboxylic acids is 3. The summed E-state index contributed by atoms with van der Waals surface area (Å²) in [5, 5.41) is 0. The fourth-order valence-electron chi connectivity index (χ4n) is 4.28. The van der Waals surface area contributed by atoms with Crippen LogP contribution in [-0.4, -0.2) is 38.2 Å². The van der Waals surface area contributed by atoms with Gasteiger partial charge in [-0.05, 0) is 63.2 Å². The lowest BCUT2D eigenvalue weighted by Crippen LogP contribution is -2.31. The summed E-state index contributed by atoms with van der Waals surface area (Å²) in [6, 6.07) is 0. The van der Waals surface area contributed by atoms with Gasteiger partial charge < -0.3 is 14.2 Å². The Labute approximate surface area is 155 Å². The van der Waals surface area contributed by atoms with Gasteiger partial charge in [-0.2, -0.15) is 0 Å². The summed E-state index contributed by atoms with van der Waals surface area (Å²) < 4.78 is 14.8. The maximum Gasteiger partial charge on any atom is 0.330 e. The van der Waals surface area contributed by atoms with Crippen LogP contribution in [0.1, 0.15) is 51.4 Å². The van der Waals surface area contributed by atoms with Crippen molar-refractivity contribution in [1.29, 1.82) is 0 Å². The second-order valence-electron chi connectivity index (χ2n) is 7.29. The van der Waals surface area contributed by atoms with Gasteiger partial charge in [-0.25, -0.2) is 4.79 Å². The summed E-state index contributed by atoms with van der Waals surface area (Å²) in [7, 11) is 1.46. The number of hydrogen-bond acceptors (Lipinski definition) is 6. The SMILES string of the molecule is C=CC(=O)OCCOC(=O)C1CCC(C2CCC(C(=O)OC)CC2)CC1. The molecule has 6 heteroatoms. The first-order valence-electron chi connectivity index (χ1n) is 9.58. The zero-order valence-corrected chi connectivity index (χ0v) is 15.6. The number of ether oxygens (including phenoxy) is 3. The minimum Gasteiger partial charge on any atom is -0.469 e. The second-order valence-corrected chi connectivity index (χ2v) is 7.29. The van der Waals surface area contributed by atoms with Crippen LogP contribution >= 0.6 is 0 Å². The molecule has 2 aliphatic rings. The van der Waals surface area contributed by atoms with Crippen molar-refractivity contribution in [3.8, 4) is 0 Å². The molecule has 0 bridgehead atoms. The summed E-state index contributed by atoms with van der Waals surface area (Å²) in [6.07, 6.45) is 8.87. The molecule has 0 N–H and O–H groups in total. The molecule has 0 atom stereocenters. The van der Waals surface area contributed by atoms with Gasteiger partial charge in [-0.3, -0.25) is 9.59 Å². The van der Waals surface area contributed by atoms with E-state index in [-0.39, 0.29) is 37.0 Å². The molecular formula is C20H30O6. The third-order valence-electron chi connectivity index (χ3n) is 5.82. The number of rotatable bonds is 7. The number of carbonyl (C=O) groups is 3. The minimum atomic E-state index is -0.511. The Kier molecular flexibility index (Phi) is 8.13. The fraction of sp³-hybridized carbons (Fsp3) is 0.750. The van der Waals surface area contributed by atoms with E-state index >= 15 is 0 Å². The molecule has 2 fully saturated rings. The molecule has 0 saturated heterocycles. The van der Waals surface area contributed by atoms with E-state index in [1.807, 2.05) is 0 Å². The molecule has 2 saturated carbocycles. The van der Waals surface area contributed by atoms with Crippen molar-refractivity contribution in [2.24, 2.45) is 23.7 Å². The molecule has 0 unspecified atom stereocenters. The largest absolute Gasteiger partial charge is 0.469 e. The first-order chi connectivity index (χ1) is 12.5. The van der Waals surface area contributed by atoms with Gasteiger partial charge in [0.1, 0.15) is 13.2 Å². The van der Waals surface area contributed by atoms with E-state index in [0.717, 1.165) is 57.4 Å². The minimum absolute atomic E-state index is 0.0484. The molecule has 0 aromatic heterocycles. The average molecular weight is 366 g/mol. The number of hydrogen-bond donors (Lipinski definition) is 0. The maximum absolute atomic E-state index is 12.1. The molecular weight excluding hydrogens is 336 g/mol. The normalized spacial score (nSPS) is 28.7. The molecule has 146 valence electrons. The first-order valence-corrected chi connectivity index (χ1v) is 9.58. The molecule has 0 spiro atoms. The van der Waals surface area contributed by atoms with Gasteiger partial charge in [0.05, 0.1) is 18.9 Å². The lowest BCUT2D eigenvalue weighted by Gasteiger charge is -2.36. The van der Waals surface area contributed by atoms with Gasteiger partial charge in [-0.1, -0.05) is 6.58 Å². The Morgan fingerprint density at radius 1 is 0.808 bits per heavy atom. The van der Waals surface area contributed by atoms with E-state index in [9.17, 15) is 14.4 Å². The van der Waals surface area contributed by atoms with Crippen molar-refractivity contribution < 1.29 is 28.6 Å². The molecule has 0 heterocycles. The molecule has 2 rings (SSSR count). The van der Waals surface area contributed by atoms with Crippen molar-refractivity contribution in [1.82, 2.24) is 0 Å².